The highest BCUT2D eigenvalue weighted by molar-refractivity contribution is 5.90. The number of hydrogen-bond donors (Lipinski definition) is 1. The molecule has 2 unspecified atom stereocenters. The molecule has 3 rings (SSSR count). The minimum atomic E-state index is 0.346. The van der Waals surface area contributed by atoms with Crippen LogP contribution in [0.25, 0.3) is 10.9 Å². The summed E-state index contributed by atoms with van der Waals surface area (Å²) in [5.41, 5.74) is 2.19. The molecule has 94 valence electrons. The van der Waals surface area contributed by atoms with Gasteiger partial charge < -0.3 is 10.1 Å². The first-order chi connectivity index (χ1) is 8.83. The third-order valence-electron chi connectivity index (χ3n) is 3.48. The lowest BCUT2D eigenvalue weighted by Gasteiger charge is -2.28. The van der Waals surface area contributed by atoms with Gasteiger partial charge in [0.05, 0.1) is 17.3 Å². The first kappa shape index (κ1) is 11.5. The Morgan fingerprint density at radius 2 is 2.17 bits per heavy atom. The number of ether oxygens (including phenoxy) is 1. The Bertz CT molecular complexity index is 536. The van der Waals surface area contributed by atoms with Crippen molar-refractivity contribution in [2.24, 2.45) is 0 Å². The first-order valence-electron chi connectivity index (χ1n) is 6.55. The number of nitrogens with one attached hydrogen (secondary N) is 1. The average molecular weight is 242 g/mol. The summed E-state index contributed by atoms with van der Waals surface area (Å²) in [4.78, 5) is 4.47. The molecule has 0 amide bonds. The van der Waals surface area contributed by atoms with E-state index in [1.165, 1.54) is 5.39 Å². The van der Waals surface area contributed by atoms with Crippen molar-refractivity contribution in [3.63, 3.8) is 0 Å². The Morgan fingerprint density at radius 1 is 1.28 bits per heavy atom. The first-order valence-corrected chi connectivity index (χ1v) is 6.55. The van der Waals surface area contributed by atoms with Gasteiger partial charge in [0, 0.05) is 24.2 Å². The minimum Gasteiger partial charge on any atom is -0.380 e. The zero-order valence-corrected chi connectivity index (χ0v) is 10.6. The van der Waals surface area contributed by atoms with Gasteiger partial charge in [-0.25, -0.2) is 0 Å². The second-order valence-electron chi connectivity index (χ2n) is 4.93. The van der Waals surface area contributed by atoms with Crippen molar-refractivity contribution in [2.45, 2.75) is 31.9 Å². The van der Waals surface area contributed by atoms with Crippen molar-refractivity contribution < 1.29 is 4.74 Å². The number of rotatable bonds is 2. The second kappa shape index (κ2) is 4.94. The lowest BCUT2D eigenvalue weighted by atomic mass is 10.0. The van der Waals surface area contributed by atoms with Gasteiger partial charge in [-0.2, -0.15) is 0 Å². The highest BCUT2D eigenvalue weighted by Crippen LogP contribution is 2.24. The van der Waals surface area contributed by atoms with E-state index >= 15 is 0 Å². The van der Waals surface area contributed by atoms with E-state index in [2.05, 4.69) is 41.5 Å². The number of anilines is 1. The van der Waals surface area contributed by atoms with E-state index in [1.807, 2.05) is 12.3 Å². The maximum absolute atomic E-state index is 5.58. The number of pyridine rings is 1. The van der Waals surface area contributed by atoms with E-state index in [0.717, 1.165) is 30.7 Å². The lowest BCUT2D eigenvalue weighted by Crippen LogP contribution is -2.32. The van der Waals surface area contributed by atoms with Crippen LogP contribution in [0, 0.1) is 0 Å². The van der Waals surface area contributed by atoms with Gasteiger partial charge in [0.15, 0.2) is 0 Å². The zero-order valence-electron chi connectivity index (χ0n) is 10.6. The summed E-state index contributed by atoms with van der Waals surface area (Å²) in [5, 5.41) is 4.79. The fraction of sp³-hybridized carbons (Fsp3) is 0.400. The van der Waals surface area contributed by atoms with Gasteiger partial charge in [0.1, 0.15) is 0 Å². The zero-order chi connectivity index (χ0) is 12.4. The molecular formula is C15H18N2O. The Hall–Kier alpha value is -1.61. The number of nitrogens with zero attached hydrogens (tertiary/aromatic N) is 1. The Morgan fingerprint density at radius 3 is 3.06 bits per heavy atom. The van der Waals surface area contributed by atoms with E-state index in [1.54, 1.807) is 0 Å². The standard InChI is InChI=1S/C15H18N2O/c1-11-10-13(7-9-18-11)17-14-6-2-4-12-5-3-8-16-15(12)14/h2-6,8,11,13,17H,7,9-10H2,1H3. The molecule has 1 aliphatic heterocycles. The normalized spacial score (nSPS) is 24.1. The van der Waals surface area contributed by atoms with Crippen LogP contribution in [0.1, 0.15) is 19.8 Å². The quantitative estimate of drug-likeness (QED) is 0.878. The predicted octanol–water partition coefficient (Wildman–Crippen LogP) is 3.21. The fourth-order valence-electron chi connectivity index (χ4n) is 2.57. The summed E-state index contributed by atoms with van der Waals surface area (Å²) in [6.07, 6.45) is 4.32. The molecule has 0 aliphatic carbocycles. The van der Waals surface area contributed by atoms with Crippen molar-refractivity contribution >= 4 is 16.6 Å². The Balaban J connectivity index is 1.86. The molecular weight excluding hydrogens is 224 g/mol. The molecule has 0 spiro atoms. The molecule has 1 saturated heterocycles. The SMILES string of the molecule is CC1CC(Nc2cccc3cccnc23)CCO1. The average Bonchev–Trinajstić information content (AvgIpc) is 2.39. The highest BCUT2D eigenvalue weighted by Gasteiger charge is 2.19. The van der Waals surface area contributed by atoms with Gasteiger partial charge in [-0.3, -0.25) is 4.98 Å². The smallest absolute Gasteiger partial charge is 0.0933 e. The number of benzene rings is 1. The summed E-state index contributed by atoms with van der Waals surface area (Å²) < 4.78 is 5.58. The van der Waals surface area contributed by atoms with Crippen LogP contribution in [0.2, 0.25) is 0 Å². The van der Waals surface area contributed by atoms with Gasteiger partial charge >= 0.3 is 0 Å². The topological polar surface area (TPSA) is 34.2 Å². The highest BCUT2D eigenvalue weighted by atomic mass is 16.5. The molecule has 1 aliphatic rings. The molecule has 1 aromatic heterocycles. The monoisotopic (exact) mass is 242 g/mol. The van der Waals surface area contributed by atoms with Gasteiger partial charge in [-0.15, -0.1) is 0 Å². The molecule has 2 heterocycles. The second-order valence-corrected chi connectivity index (χ2v) is 4.93. The number of fused-ring (bicyclic) bond motifs is 1. The molecule has 3 nitrogen and oxygen atoms in total. The van der Waals surface area contributed by atoms with E-state index in [-0.39, 0.29) is 0 Å². The summed E-state index contributed by atoms with van der Waals surface area (Å²) >= 11 is 0. The number of aromatic nitrogens is 1. The minimum absolute atomic E-state index is 0.346. The van der Waals surface area contributed by atoms with Gasteiger partial charge in [0.2, 0.25) is 0 Å². The summed E-state index contributed by atoms with van der Waals surface area (Å²) in [6, 6.07) is 10.8. The van der Waals surface area contributed by atoms with Crippen LogP contribution >= 0.6 is 0 Å². The van der Waals surface area contributed by atoms with Crippen molar-refractivity contribution in [3.05, 3.63) is 36.5 Å². The third kappa shape index (κ3) is 2.31. The van der Waals surface area contributed by atoms with Crippen molar-refractivity contribution in [1.82, 2.24) is 4.98 Å². The van der Waals surface area contributed by atoms with Crippen LogP contribution in [0.15, 0.2) is 36.5 Å². The molecule has 3 heteroatoms. The molecule has 1 N–H and O–H groups in total. The molecule has 1 fully saturated rings. The predicted molar refractivity (Wildman–Crippen MR) is 73.8 cm³/mol. The van der Waals surface area contributed by atoms with Gasteiger partial charge in [-0.05, 0) is 31.9 Å². The van der Waals surface area contributed by atoms with Crippen molar-refractivity contribution in [2.75, 3.05) is 11.9 Å². The maximum atomic E-state index is 5.58. The summed E-state index contributed by atoms with van der Waals surface area (Å²) in [6.45, 7) is 2.98. The fourth-order valence-corrected chi connectivity index (χ4v) is 2.57. The molecule has 2 atom stereocenters. The summed E-state index contributed by atoms with van der Waals surface area (Å²) in [5.74, 6) is 0. The third-order valence-corrected chi connectivity index (χ3v) is 3.48. The molecule has 1 aromatic carbocycles. The molecule has 0 radical (unpaired) electrons. The Kier molecular flexibility index (Phi) is 3.15. The van der Waals surface area contributed by atoms with E-state index in [4.69, 9.17) is 4.74 Å². The molecule has 18 heavy (non-hydrogen) atoms. The van der Waals surface area contributed by atoms with Gasteiger partial charge in [0.25, 0.3) is 0 Å². The van der Waals surface area contributed by atoms with E-state index < -0.39 is 0 Å². The number of hydrogen-bond acceptors (Lipinski definition) is 3. The van der Waals surface area contributed by atoms with Crippen LogP contribution in [-0.2, 0) is 4.74 Å². The molecule has 2 aromatic rings. The van der Waals surface area contributed by atoms with E-state index in [9.17, 15) is 0 Å². The summed E-state index contributed by atoms with van der Waals surface area (Å²) in [7, 11) is 0. The van der Waals surface area contributed by atoms with Crippen molar-refractivity contribution in [3.8, 4) is 0 Å². The van der Waals surface area contributed by atoms with Crippen LogP contribution in [0.5, 0.6) is 0 Å². The Labute approximate surface area is 107 Å². The molecule has 0 saturated carbocycles. The van der Waals surface area contributed by atoms with E-state index in [0.29, 0.717) is 12.1 Å². The molecule has 0 bridgehead atoms. The largest absolute Gasteiger partial charge is 0.380 e. The van der Waals surface area contributed by atoms with Crippen LogP contribution in [-0.4, -0.2) is 23.7 Å². The van der Waals surface area contributed by atoms with Crippen LogP contribution in [0.4, 0.5) is 5.69 Å². The van der Waals surface area contributed by atoms with Crippen LogP contribution < -0.4 is 5.32 Å². The van der Waals surface area contributed by atoms with Crippen molar-refractivity contribution in [1.29, 1.82) is 0 Å². The lowest BCUT2D eigenvalue weighted by molar-refractivity contribution is 0.0232. The van der Waals surface area contributed by atoms with Gasteiger partial charge in [-0.1, -0.05) is 18.2 Å². The van der Waals surface area contributed by atoms with Crippen LogP contribution in [0.3, 0.4) is 0 Å². The number of para-hydroxylation sites is 1. The maximum Gasteiger partial charge on any atom is 0.0933 e.